The van der Waals surface area contributed by atoms with E-state index < -0.39 is 0 Å². The van der Waals surface area contributed by atoms with E-state index in [1.807, 2.05) is 4.90 Å². The van der Waals surface area contributed by atoms with Gasteiger partial charge in [-0.2, -0.15) is 0 Å². The molecular weight excluding hydrogens is 258 g/mol. The minimum absolute atomic E-state index is 0.0869. The first-order valence-corrected chi connectivity index (χ1v) is 7.01. The van der Waals surface area contributed by atoms with Gasteiger partial charge in [0, 0.05) is 45.3 Å². The SMILES string of the molecule is CNc1ccc([N+](=O)[O-])c(N2CCN(C3CC3)CC2)n1. The summed E-state index contributed by atoms with van der Waals surface area (Å²) in [4.78, 5) is 19.7. The molecule has 1 saturated heterocycles. The molecule has 1 saturated carbocycles. The van der Waals surface area contributed by atoms with Gasteiger partial charge < -0.3 is 10.2 Å². The van der Waals surface area contributed by atoms with Crippen LogP contribution in [-0.4, -0.2) is 54.1 Å². The molecule has 0 radical (unpaired) electrons. The second kappa shape index (κ2) is 5.24. The number of rotatable bonds is 4. The Morgan fingerprint density at radius 2 is 2.00 bits per heavy atom. The zero-order valence-electron chi connectivity index (χ0n) is 11.6. The molecule has 0 unspecified atom stereocenters. The Morgan fingerprint density at radius 1 is 1.30 bits per heavy atom. The largest absolute Gasteiger partial charge is 0.373 e. The van der Waals surface area contributed by atoms with Crippen molar-refractivity contribution in [3.05, 3.63) is 22.2 Å². The fourth-order valence-electron chi connectivity index (χ4n) is 2.69. The van der Waals surface area contributed by atoms with Crippen LogP contribution in [0, 0.1) is 10.1 Å². The minimum Gasteiger partial charge on any atom is -0.373 e. The van der Waals surface area contributed by atoms with Gasteiger partial charge in [-0.1, -0.05) is 0 Å². The van der Waals surface area contributed by atoms with Crippen molar-refractivity contribution in [2.24, 2.45) is 0 Å². The summed E-state index contributed by atoms with van der Waals surface area (Å²) in [7, 11) is 1.77. The predicted molar refractivity (Wildman–Crippen MR) is 77.2 cm³/mol. The van der Waals surface area contributed by atoms with Gasteiger partial charge in [-0.25, -0.2) is 4.98 Å². The van der Waals surface area contributed by atoms with E-state index in [4.69, 9.17) is 0 Å². The monoisotopic (exact) mass is 277 g/mol. The number of nitro groups is 1. The van der Waals surface area contributed by atoms with E-state index in [-0.39, 0.29) is 10.6 Å². The number of aromatic nitrogens is 1. The molecule has 0 aromatic carbocycles. The molecule has 7 heteroatoms. The lowest BCUT2D eigenvalue weighted by Gasteiger charge is -2.35. The van der Waals surface area contributed by atoms with Crippen LogP contribution in [0.25, 0.3) is 0 Å². The lowest BCUT2D eigenvalue weighted by atomic mass is 10.2. The summed E-state index contributed by atoms with van der Waals surface area (Å²) in [6.07, 6.45) is 2.60. The van der Waals surface area contributed by atoms with Gasteiger partial charge in [-0.3, -0.25) is 15.0 Å². The Morgan fingerprint density at radius 3 is 2.55 bits per heavy atom. The highest BCUT2D eigenvalue weighted by Crippen LogP contribution is 2.31. The maximum atomic E-state index is 11.2. The van der Waals surface area contributed by atoms with Gasteiger partial charge in [0.15, 0.2) is 0 Å². The summed E-state index contributed by atoms with van der Waals surface area (Å²) < 4.78 is 0. The zero-order valence-corrected chi connectivity index (χ0v) is 11.6. The van der Waals surface area contributed by atoms with Crippen LogP contribution in [0.3, 0.4) is 0 Å². The predicted octanol–water partition coefficient (Wildman–Crippen LogP) is 1.32. The molecule has 108 valence electrons. The lowest BCUT2D eigenvalue weighted by Crippen LogP contribution is -2.47. The molecule has 0 atom stereocenters. The molecule has 2 heterocycles. The molecule has 20 heavy (non-hydrogen) atoms. The van der Waals surface area contributed by atoms with Gasteiger partial charge in [-0.15, -0.1) is 0 Å². The van der Waals surface area contributed by atoms with Crippen molar-refractivity contribution < 1.29 is 4.92 Å². The average molecular weight is 277 g/mol. The summed E-state index contributed by atoms with van der Waals surface area (Å²) in [5.41, 5.74) is 0.0869. The zero-order chi connectivity index (χ0) is 14.1. The van der Waals surface area contributed by atoms with E-state index in [1.54, 1.807) is 13.1 Å². The third-order valence-electron chi connectivity index (χ3n) is 3.98. The standard InChI is InChI=1S/C13H19N5O2/c1-14-12-5-4-11(18(19)20)13(15-12)17-8-6-16(7-9-17)10-2-3-10/h4-5,10H,2-3,6-9H2,1H3,(H,14,15). The van der Waals surface area contributed by atoms with Gasteiger partial charge in [0.2, 0.25) is 5.82 Å². The van der Waals surface area contributed by atoms with Crippen LogP contribution in [0.5, 0.6) is 0 Å². The lowest BCUT2D eigenvalue weighted by molar-refractivity contribution is -0.384. The van der Waals surface area contributed by atoms with E-state index in [0.29, 0.717) is 11.6 Å². The highest BCUT2D eigenvalue weighted by Gasteiger charge is 2.33. The number of nitrogens with one attached hydrogen (secondary N) is 1. The molecule has 1 aromatic rings. The highest BCUT2D eigenvalue weighted by atomic mass is 16.6. The van der Waals surface area contributed by atoms with Crippen LogP contribution in [-0.2, 0) is 0 Å². The van der Waals surface area contributed by atoms with Gasteiger partial charge in [0.25, 0.3) is 0 Å². The first-order chi connectivity index (χ1) is 9.69. The van der Waals surface area contributed by atoms with E-state index >= 15 is 0 Å². The first kappa shape index (κ1) is 13.1. The summed E-state index contributed by atoms with van der Waals surface area (Å²) in [5.74, 6) is 1.15. The number of anilines is 2. The van der Waals surface area contributed by atoms with Gasteiger partial charge in [0.1, 0.15) is 5.82 Å². The van der Waals surface area contributed by atoms with Gasteiger partial charge in [0.05, 0.1) is 4.92 Å². The van der Waals surface area contributed by atoms with E-state index in [9.17, 15) is 10.1 Å². The molecule has 2 aliphatic rings. The van der Waals surface area contributed by atoms with Crippen molar-refractivity contribution >= 4 is 17.3 Å². The minimum atomic E-state index is -0.352. The van der Waals surface area contributed by atoms with Crippen LogP contribution < -0.4 is 10.2 Å². The molecular formula is C13H19N5O2. The van der Waals surface area contributed by atoms with E-state index in [1.165, 1.54) is 18.9 Å². The molecule has 1 aliphatic heterocycles. The fraction of sp³-hybridized carbons (Fsp3) is 0.615. The summed E-state index contributed by atoms with van der Waals surface area (Å²) in [5, 5.41) is 14.1. The van der Waals surface area contributed by atoms with Crippen molar-refractivity contribution in [3.8, 4) is 0 Å². The Kier molecular flexibility index (Phi) is 3.43. The Balaban J connectivity index is 1.79. The molecule has 0 amide bonds. The molecule has 2 fully saturated rings. The third kappa shape index (κ3) is 2.53. The third-order valence-corrected chi connectivity index (χ3v) is 3.98. The fourth-order valence-corrected chi connectivity index (χ4v) is 2.69. The van der Waals surface area contributed by atoms with Crippen LogP contribution in [0.1, 0.15) is 12.8 Å². The quantitative estimate of drug-likeness (QED) is 0.661. The number of nitrogens with zero attached hydrogens (tertiary/aromatic N) is 4. The summed E-state index contributed by atoms with van der Waals surface area (Å²) in [6, 6.07) is 3.92. The van der Waals surface area contributed by atoms with Crippen LogP contribution >= 0.6 is 0 Å². The van der Waals surface area contributed by atoms with Crippen LogP contribution in [0.15, 0.2) is 12.1 Å². The number of piperazine rings is 1. The molecule has 1 aliphatic carbocycles. The van der Waals surface area contributed by atoms with Crippen molar-refractivity contribution in [1.29, 1.82) is 0 Å². The van der Waals surface area contributed by atoms with Crippen molar-refractivity contribution in [2.75, 3.05) is 43.4 Å². The van der Waals surface area contributed by atoms with Gasteiger partial charge in [-0.05, 0) is 18.9 Å². The normalized spacial score (nSPS) is 19.9. The number of hydrogen-bond acceptors (Lipinski definition) is 6. The topological polar surface area (TPSA) is 74.5 Å². The van der Waals surface area contributed by atoms with Crippen molar-refractivity contribution in [1.82, 2.24) is 9.88 Å². The molecule has 7 nitrogen and oxygen atoms in total. The molecule has 0 spiro atoms. The molecule has 1 N–H and O–H groups in total. The second-order valence-corrected chi connectivity index (χ2v) is 5.30. The number of hydrogen-bond donors (Lipinski definition) is 1. The van der Waals surface area contributed by atoms with Crippen molar-refractivity contribution in [2.45, 2.75) is 18.9 Å². The van der Waals surface area contributed by atoms with Crippen molar-refractivity contribution in [3.63, 3.8) is 0 Å². The summed E-state index contributed by atoms with van der Waals surface area (Å²) >= 11 is 0. The molecule has 3 rings (SSSR count). The summed E-state index contributed by atoms with van der Waals surface area (Å²) in [6.45, 7) is 3.54. The highest BCUT2D eigenvalue weighted by molar-refractivity contribution is 5.62. The van der Waals surface area contributed by atoms with E-state index in [2.05, 4.69) is 15.2 Å². The Bertz CT molecular complexity index is 509. The molecule has 1 aromatic heterocycles. The second-order valence-electron chi connectivity index (χ2n) is 5.30. The Labute approximate surface area is 117 Å². The van der Waals surface area contributed by atoms with Crippen LogP contribution in [0.4, 0.5) is 17.3 Å². The van der Waals surface area contributed by atoms with Crippen LogP contribution in [0.2, 0.25) is 0 Å². The smallest absolute Gasteiger partial charge is 0.311 e. The van der Waals surface area contributed by atoms with Gasteiger partial charge >= 0.3 is 5.69 Å². The number of pyridine rings is 1. The van der Waals surface area contributed by atoms with E-state index in [0.717, 1.165) is 32.2 Å². The Hall–Kier alpha value is -1.89. The molecule has 0 bridgehead atoms. The first-order valence-electron chi connectivity index (χ1n) is 7.01. The average Bonchev–Trinajstić information content (AvgIpc) is 3.31. The maximum Gasteiger partial charge on any atom is 0.311 e. The maximum absolute atomic E-state index is 11.2.